The highest BCUT2D eigenvalue weighted by molar-refractivity contribution is 9.10. The van der Waals surface area contributed by atoms with Crippen molar-refractivity contribution >= 4 is 27.5 Å². The Morgan fingerprint density at radius 3 is 2.39 bits per heavy atom. The molecule has 0 aliphatic carbocycles. The number of aromatic nitrogens is 2. The van der Waals surface area contributed by atoms with Crippen LogP contribution in [0.25, 0.3) is 0 Å². The second-order valence-electron chi connectivity index (χ2n) is 4.01. The van der Waals surface area contributed by atoms with Crippen LogP contribution >= 0.6 is 27.5 Å². The maximum Gasteiger partial charge on any atom is 0.151 e. The van der Waals surface area contributed by atoms with E-state index in [0.717, 1.165) is 27.0 Å². The van der Waals surface area contributed by atoms with Crippen LogP contribution in [0.1, 0.15) is 16.8 Å². The van der Waals surface area contributed by atoms with Gasteiger partial charge in [0.05, 0.1) is 0 Å². The highest BCUT2D eigenvalue weighted by Gasteiger charge is 2.04. The van der Waals surface area contributed by atoms with Crippen LogP contribution in [0.4, 0.5) is 0 Å². The lowest BCUT2D eigenvalue weighted by Gasteiger charge is -2.09. The Labute approximate surface area is 119 Å². The topological polar surface area (TPSA) is 35.0 Å². The minimum absolute atomic E-state index is 0.380. The van der Waals surface area contributed by atoms with Crippen LogP contribution in [-0.4, -0.2) is 10.2 Å². The standard InChI is InChI=1S/C13H12BrClN2O/c1-8-5-11(6-9(2)13(8)14)18-7-10-3-4-12(15)17-16-10/h3-6H,7H2,1-2H3. The van der Waals surface area contributed by atoms with Crippen LogP contribution in [0.2, 0.25) is 5.15 Å². The molecule has 5 heteroatoms. The van der Waals surface area contributed by atoms with E-state index in [1.807, 2.05) is 26.0 Å². The molecule has 3 nitrogen and oxygen atoms in total. The predicted molar refractivity (Wildman–Crippen MR) is 75.0 cm³/mol. The lowest BCUT2D eigenvalue weighted by atomic mass is 10.1. The number of halogens is 2. The Morgan fingerprint density at radius 1 is 1.17 bits per heavy atom. The molecule has 0 saturated carbocycles. The SMILES string of the molecule is Cc1cc(OCc2ccc(Cl)nn2)cc(C)c1Br. The van der Waals surface area contributed by atoms with Crippen molar-refractivity contribution in [2.75, 3.05) is 0 Å². The summed E-state index contributed by atoms with van der Waals surface area (Å²) in [6, 6.07) is 7.47. The largest absolute Gasteiger partial charge is 0.487 e. The van der Waals surface area contributed by atoms with E-state index in [4.69, 9.17) is 16.3 Å². The van der Waals surface area contributed by atoms with E-state index in [1.54, 1.807) is 12.1 Å². The van der Waals surface area contributed by atoms with Gasteiger partial charge in [-0.05, 0) is 49.2 Å². The fourth-order valence-corrected chi connectivity index (χ4v) is 1.90. The Kier molecular flexibility index (Phi) is 4.19. The van der Waals surface area contributed by atoms with Gasteiger partial charge in [0.15, 0.2) is 5.15 Å². The van der Waals surface area contributed by atoms with Crippen molar-refractivity contribution in [3.63, 3.8) is 0 Å². The lowest BCUT2D eigenvalue weighted by Crippen LogP contribution is -2.00. The zero-order valence-corrected chi connectivity index (χ0v) is 12.4. The molecule has 94 valence electrons. The van der Waals surface area contributed by atoms with Crippen LogP contribution in [-0.2, 0) is 6.61 Å². The number of rotatable bonds is 3. The zero-order chi connectivity index (χ0) is 13.1. The third-order valence-electron chi connectivity index (χ3n) is 2.48. The molecule has 0 saturated heterocycles. The molecule has 0 atom stereocenters. The molecule has 0 amide bonds. The van der Waals surface area contributed by atoms with Crippen LogP contribution < -0.4 is 4.74 Å². The maximum atomic E-state index is 5.68. The molecule has 1 aromatic carbocycles. The van der Waals surface area contributed by atoms with E-state index in [1.165, 1.54) is 0 Å². The first kappa shape index (κ1) is 13.3. The van der Waals surface area contributed by atoms with E-state index in [-0.39, 0.29) is 0 Å². The molecule has 0 aliphatic rings. The van der Waals surface area contributed by atoms with Gasteiger partial charge in [-0.2, -0.15) is 5.10 Å². The van der Waals surface area contributed by atoms with Crippen molar-refractivity contribution in [2.45, 2.75) is 20.5 Å². The van der Waals surface area contributed by atoms with Crippen molar-refractivity contribution in [2.24, 2.45) is 0 Å². The summed E-state index contributed by atoms with van der Waals surface area (Å²) in [7, 11) is 0. The fourth-order valence-electron chi connectivity index (χ4n) is 1.57. The first-order chi connectivity index (χ1) is 8.56. The van der Waals surface area contributed by atoms with Crippen LogP contribution in [0, 0.1) is 13.8 Å². The minimum atomic E-state index is 0.380. The Balaban J connectivity index is 2.08. The average molecular weight is 328 g/mol. The van der Waals surface area contributed by atoms with E-state index in [9.17, 15) is 0 Å². The summed E-state index contributed by atoms with van der Waals surface area (Å²) in [6.45, 7) is 4.45. The van der Waals surface area contributed by atoms with Crippen LogP contribution in [0.15, 0.2) is 28.7 Å². The first-order valence-electron chi connectivity index (χ1n) is 5.44. The molecular formula is C13H12BrClN2O. The molecule has 18 heavy (non-hydrogen) atoms. The van der Waals surface area contributed by atoms with Gasteiger partial charge in [0.2, 0.25) is 0 Å². The monoisotopic (exact) mass is 326 g/mol. The van der Waals surface area contributed by atoms with Gasteiger partial charge < -0.3 is 4.74 Å². The molecule has 0 fully saturated rings. The Bertz CT molecular complexity index is 534. The van der Waals surface area contributed by atoms with E-state index >= 15 is 0 Å². The number of aryl methyl sites for hydroxylation is 2. The highest BCUT2D eigenvalue weighted by Crippen LogP contribution is 2.26. The summed E-state index contributed by atoms with van der Waals surface area (Å²) < 4.78 is 6.79. The summed E-state index contributed by atoms with van der Waals surface area (Å²) in [6.07, 6.45) is 0. The van der Waals surface area contributed by atoms with Crippen molar-refractivity contribution < 1.29 is 4.74 Å². The number of benzene rings is 1. The van der Waals surface area contributed by atoms with E-state index in [2.05, 4.69) is 26.1 Å². The normalized spacial score (nSPS) is 10.4. The third kappa shape index (κ3) is 3.21. The minimum Gasteiger partial charge on any atom is -0.487 e. The molecule has 0 bridgehead atoms. The smallest absolute Gasteiger partial charge is 0.151 e. The number of ether oxygens (including phenoxy) is 1. The zero-order valence-electron chi connectivity index (χ0n) is 10.1. The third-order valence-corrected chi connectivity index (χ3v) is 3.94. The number of hydrogen-bond donors (Lipinski definition) is 0. The van der Waals surface area contributed by atoms with Gasteiger partial charge in [-0.25, -0.2) is 0 Å². The first-order valence-corrected chi connectivity index (χ1v) is 6.61. The maximum absolute atomic E-state index is 5.68. The van der Waals surface area contributed by atoms with Crippen molar-refractivity contribution in [1.82, 2.24) is 10.2 Å². The number of nitrogens with zero attached hydrogens (tertiary/aromatic N) is 2. The molecule has 0 unspecified atom stereocenters. The lowest BCUT2D eigenvalue weighted by molar-refractivity contribution is 0.299. The summed E-state index contributed by atoms with van der Waals surface area (Å²) in [5.41, 5.74) is 3.04. The van der Waals surface area contributed by atoms with E-state index in [0.29, 0.717) is 11.8 Å². The van der Waals surface area contributed by atoms with Gasteiger partial charge in [-0.1, -0.05) is 27.5 Å². The number of hydrogen-bond acceptors (Lipinski definition) is 3. The highest BCUT2D eigenvalue weighted by atomic mass is 79.9. The second kappa shape index (κ2) is 5.67. The molecule has 2 rings (SSSR count). The molecular weight excluding hydrogens is 316 g/mol. The molecule has 1 aromatic heterocycles. The van der Waals surface area contributed by atoms with Gasteiger partial charge in [-0.3, -0.25) is 0 Å². The summed E-state index contributed by atoms with van der Waals surface area (Å²) in [5, 5.41) is 8.09. The summed E-state index contributed by atoms with van der Waals surface area (Å²) in [4.78, 5) is 0. The van der Waals surface area contributed by atoms with Gasteiger partial charge in [0.25, 0.3) is 0 Å². The van der Waals surface area contributed by atoms with Crippen molar-refractivity contribution in [1.29, 1.82) is 0 Å². The van der Waals surface area contributed by atoms with Gasteiger partial charge in [-0.15, -0.1) is 5.10 Å². The summed E-state index contributed by atoms with van der Waals surface area (Å²) >= 11 is 9.19. The quantitative estimate of drug-likeness (QED) is 0.851. The van der Waals surface area contributed by atoms with E-state index < -0.39 is 0 Å². The van der Waals surface area contributed by atoms with Crippen LogP contribution in [0.5, 0.6) is 5.75 Å². The van der Waals surface area contributed by atoms with Gasteiger partial charge in [0, 0.05) is 4.47 Å². The fraction of sp³-hybridized carbons (Fsp3) is 0.231. The predicted octanol–water partition coefficient (Wildman–Crippen LogP) is 4.09. The Morgan fingerprint density at radius 2 is 1.83 bits per heavy atom. The molecule has 2 aromatic rings. The van der Waals surface area contributed by atoms with Crippen molar-refractivity contribution in [3.05, 3.63) is 50.7 Å². The molecule has 0 spiro atoms. The van der Waals surface area contributed by atoms with Gasteiger partial charge >= 0.3 is 0 Å². The molecule has 0 aliphatic heterocycles. The Hall–Kier alpha value is -1.13. The van der Waals surface area contributed by atoms with Crippen molar-refractivity contribution in [3.8, 4) is 5.75 Å². The summed E-state index contributed by atoms with van der Waals surface area (Å²) in [5.74, 6) is 0.824. The van der Waals surface area contributed by atoms with Crippen LogP contribution in [0.3, 0.4) is 0 Å². The second-order valence-corrected chi connectivity index (χ2v) is 5.19. The average Bonchev–Trinajstić information content (AvgIpc) is 2.35. The molecule has 0 radical (unpaired) electrons. The molecule has 0 N–H and O–H groups in total. The molecule has 1 heterocycles. The van der Waals surface area contributed by atoms with Gasteiger partial charge in [0.1, 0.15) is 18.1 Å².